The molecule has 1 saturated carbocycles. The first-order valence-corrected chi connectivity index (χ1v) is 8.01. The van der Waals surface area contributed by atoms with Crippen LogP contribution in [0.5, 0.6) is 0 Å². The van der Waals surface area contributed by atoms with Crippen LogP contribution in [0.2, 0.25) is 0 Å². The van der Waals surface area contributed by atoms with Crippen molar-refractivity contribution in [3.8, 4) is 0 Å². The van der Waals surface area contributed by atoms with Crippen LogP contribution in [-0.2, 0) is 11.2 Å². The largest absolute Gasteiger partial charge is 0.396 e. The lowest BCUT2D eigenvalue weighted by molar-refractivity contribution is -0.121. The van der Waals surface area contributed by atoms with Crippen LogP contribution in [-0.4, -0.2) is 24.2 Å². The molecule has 1 aliphatic rings. The molecule has 0 spiro atoms. The van der Waals surface area contributed by atoms with E-state index in [1.165, 1.54) is 24.0 Å². The lowest BCUT2D eigenvalue weighted by atomic mass is 9.96. The summed E-state index contributed by atoms with van der Waals surface area (Å²) < 4.78 is 1.09. The summed E-state index contributed by atoms with van der Waals surface area (Å²) in [6.45, 7) is 2.71. The zero-order valence-corrected chi connectivity index (χ0v) is 13.4. The van der Waals surface area contributed by atoms with E-state index in [2.05, 4.69) is 34.2 Å². The molecular formula is C16H22BrNO2. The highest BCUT2D eigenvalue weighted by molar-refractivity contribution is 9.10. The molecule has 0 aromatic heterocycles. The average molecular weight is 340 g/mol. The molecule has 1 aromatic carbocycles. The van der Waals surface area contributed by atoms with Gasteiger partial charge in [0.15, 0.2) is 0 Å². The van der Waals surface area contributed by atoms with Gasteiger partial charge in [-0.1, -0.05) is 28.1 Å². The van der Waals surface area contributed by atoms with Crippen molar-refractivity contribution in [3.05, 3.63) is 33.8 Å². The zero-order valence-electron chi connectivity index (χ0n) is 11.9. The zero-order chi connectivity index (χ0) is 14.5. The fourth-order valence-corrected chi connectivity index (χ4v) is 2.71. The van der Waals surface area contributed by atoms with Gasteiger partial charge in [-0.15, -0.1) is 0 Å². The number of carbonyl (C=O) groups excluding carboxylic acids is 1. The number of benzene rings is 1. The Morgan fingerprint density at radius 2 is 2.25 bits per heavy atom. The van der Waals surface area contributed by atoms with Crippen LogP contribution in [0.4, 0.5) is 0 Å². The van der Waals surface area contributed by atoms with Gasteiger partial charge in [0.25, 0.3) is 0 Å². The summed E-state index contributed by atoms with van der Waals surface area (Å²) in [6, 6.07) is 6.10. The van der Waals surface area contributed by atoms with E-state index in [0.717, 1.165) is 10.9 Å². The number of hydrogen-bond acceptors (Lipinski definition) is 2. The molecule has 1 unspecified atom stereocenters. The van der Waals surface area contributed by atoms with Gasteiger partial charge in [0.2, 0.25) is 5.91 Å². The lowest BCUT2D eigenvalue weighted by Crippen LogP contribution is -2.32. The third-order valence-corrected chi connectivity index (χ3v) is 4.76. The van der Waals surface area contributed by atoms with Crippen LogP contribution in [0.1, 0.15) is 30.4 Å². The Labute approximate surface area is 128 Å². The second-order valence-electron chi connectivity index (χ2n) is 5.73. The van der Waals surface area contributed by atoms with Gasteiger partial charge in [0.1, 0.15) is 0 Å². The molecule has 0 aliphatic heterocycles. The van der Waals surface area contributed by atoms with Gasteiger partial charge in [-0.25, -0.2) is 0 Å². The minimum Gasteiger partial charge on any atom is -0.396 e. The highest BCUT2D eigenvalue weighted by atomic mass is 79.9. The van der Waals surface area contributed by atoms with Crippen LogP contribution < -0.4 is 5.32 Å². The molecule has 20 heavy (non-hydrogen) atoms. The highest BCUT2D eigenvalue weighted by Crippen LogP contribution is 2.32. The summed E-state index contributed by atoms with van der Waals surface area (Å²) in [5, 5.41) is 12.4. The molecule has 0 radical (unpaired) electrons. The molecule has 0 heterocycles. The van der Waals surface area contributed by atoms with Crippen molar-refractivity contribution in [2.75, 3.05) is 13.2 Å². The Kier molecular flexibility index (Phi) is 5.61. The lowest BCUT2D eigenvalue weighted by Gasteiger charge is -2.17. The summed E-state index contributed by atoms with van der Waals surface area (Å²) in [5.74, 6) is 0.804. The van der Waals surface area contributed by atoms with Crippen molar-refractivity contribution in [3.63, 3.8) is 0 Å². The van der Waals surface area contributed by atoms with Gasteiger partial charge in [0, 0.05) is 30.0 Å². The SMILES string of the molecule is Cc1c(Br)cccc1CC(CO)CNC(=O)CC1CC1. The quantitative estimate of drug-likeness (QED) is 0.802. The molecule has 1 fully saturated rings. The molecule has 1 aliphatic carbocycles. The number of nitrogens with one attached hydrogen (secondary N) is 1. The van der Waals surface area contributed by atoms with Crippen molar-refractivity contribution in [1.29, 1.82) is 0 Å². The molecule has 1 amide bonds. The molecule has 4 heteroatoms. The molecule has 3 nitrogen and oxygen atoms in total. The van der Waals surface area contributed by atoms with Crippen molar-refractivity contribution < 1.29 is 9.90 Å². The predicted octanol–water partition coefficient (Wildman–Crippen LogP) is 2.82. The first-order chi connectivity index (χ1) is 9.60. The third-order valence-electron chi connectivity index (χ3n) is 3.91. The Balaban J connectivity index is 1.84. The van der Waals surface area contributed by atoms with Crippen molar-refractivity contribution in [2.45, 2.75) is 32.6 Å². The molecule has 0 bridgehead atoms. The van der Waals surface area contributed by atoms with Crippen LogP contribution in [0, 0.1) is 18.8 Å². The Bertz CT molecular complexity index is 472. The normalized spacial score (nSPS) is 15.9. The number of rotatable bonds is 7. The van der Waals surface area contributed by atoms with Gasteiger partial charge < -0.3 is 10.4 Å². The topological polar surface area (TPSA) is 49.3 Å². The van der Waals surface area contributed by atoms with E-state index in [4.69, 9.17) is 0 Å². The van der Waals surface area contributed by atoms with E-state index < -0.39 is 0 Å². The molecular weight excluding hydrogens is 318 g/mol. The van der Waals surface area contributed by atoms with Crippen molar-refractivity contribution in [1.82, 2.24) is 5.32 Å². The number of amides is 1. The first-order valence-electron chi connectivity index (χ1n) is 7.21. The highest BCUT2D eigenvalue weighted by Gasteiger charge is 2.24. The fraction of sp³-hybridized carbons (Fsp3) is 0.562. The maximum absolute atomic E-state index is 11.7. The van der Waals surface area contributed by atoms with E-state index in [9.17, 15) is 9.90 Å². The van der Waals surface area contributed by atoms with E-state index in [1.807, 2.05) is 12.1 Å². The summed E-state index contributed by atoms with van der Waals surface area (Å²) in [6.07, 6.45) is 3.81. The third kappa shape index (κ3) is 4.60. The van der Waals surface area contributed by atoms with Gasteiger partial charge in [-0.3, -0.25) is 4.79 Å². The summed E-state index contributed by atoms with van der Waals surface area (Å²) >= 11 is 3.52. The minimum atomic E-state index is 0.0751. The van der Waals surface area contributed by atoms with Crippen LogP contribution in [0.25, 0.3) is 0 Å². The monoisotopic (exact) mass is 339 g/mol. The maximum Gasteiger partial charge on any atom is 0.220 e. The number of halogens is 1. The van der Waals surface area contributed by atoms with Crippen LogP contribution in [0.15, 0.2) is 22.7 Å². The van der Waals surface area contributed by atoms with E-state index >= 15 is 0 Å². The molecule has 2 rings (SSSR count). The predicted molar refractivity (Wildman–Crippen MR) is 83.5 cm³/mol. The van der Waals surface area contributed by atoms with Crippen LogP contribution >= 0.6 is 15.9 Å². The molecule has 2 N–H and O–H groups in total. The standard InChI is InChI=1S/C16H22BrNO2/c1-11-14(3-2-4-15(11)17)7-13(10-19)9-18-16(20)8-12-5-6-12/h2-4,12-13,19H,5-10H2,1H3,(H,18,20). The molecule has 1 aromatic rings. The van der Waals surface area contributed by atoms with Crippen molar-refractivity contribution in [2.24, 2.45) is 11.8 Å². The van der Waals surface area contributed by atoms with E-state index in [0.29, 0.717) is 18.9 Å². The van der Waals surface area contributed by atoms with Gasteiger partial charge >= 0.3 is 0 Å². The van der Waals surface area contributed by atoms with Crippen LogP contribution in [0.3, 0.4) is 0 Å². The van der Waals surface area contributed by atoms with Gasteiger partial charge in [0.05, 0.1) is 0 Å². The molecule has 110 valence electrons. The number of aliphatic hydroxyl groups excluding tert-OH is 1. The molecule has 0 saturated heterocycles. The number of aliphatic hydroxyl groups is 1. The fourth-order valence-electron chi connectivity index (χ4n) is 2.30. The molecule has 1 atom stereocenters. The van der Waals surface area contributed by atoms with E-state index in [1.54, 1.807) is 0 Å². The Morgan fingerprint density at radius 1 is 1.50 bits per heavy atom. The first kappa shape index (κ1) is 15.5. The minimum absolute atomic E-state index is 0.0751. The second kappa shape index (κ2) is 7.23. The van der Waals surface area contributed by atoms with Gasteiger partial charge in [-0.2, -0.15) is 0 Å². The van der Waals surface area contributed by atoms with Gasteiger partial charge in [-0.05, 0) is 49.3 Å². The summed E-state index contributed by atoms with van der Waals surface area (Å²) in [7, 11) is 0. The second-order valence-corrected chi connectivity index (χ2v) is 6.58. The van der Waals surface area contributed by atoms with Crippen molar-refractivity contribution >= 4 is 21.8 Å². The maximum atomic E-state index is 11.7. The van der Waals surface area contributed by atoms with E-state index in [-0.39, 0.29) is 18.4 Å². The Morgan fingerprint density at radius 3 is 2.90 bits per heavy atom. The Hall–Kier alpha value is -0.870. The average Bonchev–Trinajstić information content (AvgIpc) is 3.23. The summed E-state index contributed by atoms with van der Waals surface area (Å²) in [4.78, 5) is 11.7. The number of hydrogen-bond donors (Lipinski definition) is 2. The summed E-state index contributed by atoms with van der Waals surface area (Å²) in [5.41, 5.74) is 2.42. The smallest absolute Gasteiger partial charge is 0.220 e. The number of carbonyl (C=O) groups is 1.